The lowest BCUT2D eigenvalue weighted by Gasteiger charge is -2.10. The Labute approximate surface area is 189 Å². The maximum absolute atomic E-state index is 13.5. The molecule has 0 radical (unpaired) electrons. The number of nitro benzene ring substituents is 1. The first-order valence-electron chi connectivity index (χ1n) is 9.47. The van der Waals surface area contributed by atoms with Gasteiger partial charge in [-0.1, -0.05) is 35.9 Å². The van der Waals surface area contributed by atoms with E-state index in [1.807, 2.05) is 0 Å². The van der Waals surface area contributed by atoms with E-state index in [0.717, 1.165) is 12.3 Å². The number of nitrogens with one attached hydrogen (secondary N) is 1. The zero-order chi connectivity index (χ0) is 23.5. The minimum absolute atomic E-state index is 0.0148. The molecule has 0 atom stereocenters. The van der Waals surface area contributed by atoms with Crippen molar-refractivity contribution in [2.75, 3.05) is 0 Å². The normalized spacial score (nSPS) is 11.2. The van der Waals surface area contributed by atoms with Crippen molar-refractivity contribution in [3.05, 3.63) is 114 Å². The van der Waals surface area contributed by atoms with Gasteiger partial charge in [0.05, 0.1) is 22.0 Å². The Bertz CT molecular complexity index is 1530. The number of nitrogens with zero attached hydrogens (tertiary/aromatic N) is 3. The van der Waals surface area contributed by atoms with E-state index in [0.29, 0.717) is 15.8 Å². The van der Waals surface area contributed by atoms with Gasteiger partial charge in [0.15, 0.2) is 0 Å². The molecular formula is C22H14ClFN4O5. The number of hydrogen-bond donors (Lipinski definition) is 1. The fourth-order valence-electron chi connectivity index (χ4n) is 3.15. The molecule has 0 spiro atoms. The first kappa shape index (κ1) is 21.9. The molecule has 0 amide bonds. The molecule has 166 valence electrons. The molecule has 33 heavy (non-hydrogen) atoms. The predicted octanol–water partition coefficient (Wildman–Crippen LogP) is 3.85. The molecule has 9 nitrogen and oxygen atoms in total. The molecule has 3 aromatic carbocycles. The first-order chi connectivity index (χ1) is 15.8. The molecule has 0 unspecified atom stereocenters. The number of H-pyrrole nitrogens is 1. The van der Waals surface area contributed by atoms with Crippen molar-refractivity contribution in [1.29, 1.82) is 0 Å². The second kappa shape index (κ2) is 9.05. The standard InChI is InChI=1S/C22H14ClFN4O5/c23-15-9-14(11-25-27-21(29)17-6-1-2-7-18(17)26-22(27)30)20(19(10-15)28(31)32)33-12-13-4-3-5-16(24)8-13/h1-11H,12H2,(H,26,30). The quantitative estimate of drug-likeness (QED) is 0.262. The summed E-state index contributed by atoms with van der Waals surface area (Å²) < 4.78 is 19.7. The lowest BCUT2D eigenvalue weighted by atomic mass is 10.2. The van der Waals surface area contributed by atoms with Crippen LogP contribution in [0.15, 0.2) is 75.4 Å². The molecule has 11 heteroatoms. The van der Waals surface area contributed by atoms with Gasteiger partial charge in [0, 0.05) is 16.7 Å². The molecule has 0 saturated carbocycles. The van der Waals surface area contributed by atoms with Gasteiger partial charge in [-0.2, -0.15) is 5.10 Å². The molecule has 4 aromatic rings. The van der Waals surface area contributed by atoms with Gasteiger partial charge in [-0.3, -0.25) is 14.9 Å². The van der Waals surface area contributed by atoms with E-state index < -0.39 is 27.7 Å². The van der Waals surface area contributed by atoms with Crippen molar-refractivity contribution in [3.8, 4) is 5.75 Å². The highest BCUT2D eigenvalue weighted by Gasteiger charge is 2.21. The van der Waals surface area contributed by atoms with Crippen LogP contribution < -0.4 is 16.0 Å². The third-order valence-electron chi connectivity index (χ3n) is 4.63. The van der Waals surface area contributed by atoms with Gasteiger partial charge in [0.25, 0.3) is 5.56 Å². The average Bonchev–Trinajstić information content (AvgIpc) is 2.78. The summed E-state index contributed by atoms with van der Waals surface area (Å²) in [5, 5.41) is 15.7. The highest BCUT2D eigenvalue weighted by atomic mass is 35.5. The summed E-state index contributed by atoms with van der Waals surface area (Å²) >= 11 is 6.02. The molecule has 0 saturated heterocycles. The van der Waals surface area contributed by atoms with Crippen LogP contribution in [0.4, 0.5) is 10.1 Å². The molecule has 1 N–H and O–H groups in total. The van der Waals surface area contributed by atoms with Crippen molar-refractivity contribution in [1.82, 2.24) is 9.66 Å². The number of para-hydroxylation sites is 1. The van der Waals surface area contributed by atoms with Gasteiger partial charge in [-0.05, 0) is 35.9 Å². The fraction of sp³-hybridized carbons (Fsp3) is 0.0455. The third-order valence-corrected chi connectivity index (χ3v) is 4.85. The van der Waals surface area contributed by atoms with E-state index in [4.69, 9.17) is 16.3 Å². The second-order valence-electron chi connectivity index (χ2n) is 6.86. The lowest BCUT2D eigenvalue weighted by molar-refractivity contribution is -0.385. The highest BCUT2D eigenvalue weighted by molar-refractivity contribution is 6.31. The van der Waals surface area contributed by atoms with Gasteiger partial charge < -0.3 is 9.72 Å². The van der Waals surface area contributed by atoms with Crippen LogP contribution in [0, 0.1) is 15.9 Å². The average molecular weight is 469 g/mol. The monoisotopic (exact) mass is 468 g/mol. The maximum atomic E-state index is 13.5. The van der Waals surface area contributed by atoms with Gasteiger partial charge in [-0.15, -0.1) is 4.68 Å². The van der Waals surface area contributed by atoms with Gasteiger partial charge in [0.1, 0.15) is 12.4 Å². The topological polar surface area (TPSA) is 120 Å². The Kier molecular flexibility index (Phi) is 6.01. The van der Waals surface area contributed by atoms with Crippen LogP contribution in [-0.2, 0) is 6.61 Å². The first-order valence-corrected chi connectivity index (χ1v) is 9.85. The summed E-state index contributed by atoms with van der Waals surface area (Å²) in [5.41, 5.74) is -1.11. The highest BCUT2D eigenvalue weighted by Crippen LogP contribution is 2.34. The Morgan fingerprint density at radius 1 is 1.15 bits per heavy atom. The number of halogens is 2. The lowest BCUT2D eigenvalue weighted by Crippen LogP contribution is -2.32. The predicted molar refractivity (Wildman–Crippen MR) is 121 cm³/mol. The van der Waals surface area contributed by atoms with Crippen LogP contribution in [0.1, 0.15) is 11.1 Å². The van der Waals surface area contributed by atoms with Crippen LogP contribution in [0.25, 0.3) is 10.9 Å². The zero-order valence-corrected chi connectivity index (χ0v) is 17.5. The molecule has 1 heterocycles. The molecule has 0 bridgehead atoms. The van der Waals surface area contributed by atoms with Crippen molar-refractivity contribution in [2.45, 2.75) is 6.61 Å². The summed E-state index contributed by atoms with van der Waals surface area (Å²) in [6.45, 7) is -0.183. The summed E-state index contributed by atoms with van der Waals surface area (Å²) in [7, 11) is 0. The number of nitro groups is 1. The number of benzene rings is 3. The van der Waals surface area contributed by atoms with Crippen molar-refractivity contribution >= 4 is 34.4 Å². The van der Waals surface area contributed by atoms with Crippen molar-refractivity contribution in [3.63, 3.8) is 0 Å². The van der Waals surface area contributed by atoms with Crippen molar-refractivity contribution in [2.24, 2.45) is 5.10 Å². The van der Waals surface area contributed by atoms with E-state index in [-0.39, 0.29) is 28.3 Å². The van der Waals surface area contributed by atoms with Crippen molar-refractivity contribution < 1.29 is 14.1 Å². The van der Waals surface area contributed by atoms with Crippen LogP contribution in [0.3, 0.4) is 0 Å². The van der Waals surface area contributed by atoms with E-state index in [1.165, 1.54) is 30.3 Å². The molecule has 0 aliphatic heterocycles. The van der Waals surface area contributed by atoms with Gasteiger partial charge in [-0.25, -0.2) is 9.18 Å². The number of rotatable bonds is 6. The summed E-state index contributed by atoms with van der Waals surface area (Å²) in [6.07, 6.45) is 1.06. The minimum atomic E-state index is -0.797. The number of ether oxygens (including phenoxy) is 1. The van der Waals surface area contributed by atoms with Gasteiger partial charge >= 0.3 is 11.4 Å². The third kappa shape index (κ3) is 4.65. The molecule has 0 fully saturated rings. The number of fused-ring (bicyclic) bond motifs is 1. The van der Waals surface area contributed by atoms with Crippen LogP contribution in [0.5, 0.6) is 5.75 Å². The van der Waals surface area contributed by atoms with Crippen LogP contribution >= 0.6 is 11.6 Å². The summed E-state index contributed by atoms with van der Waals surface area (Å²) in [5.74, 6) is -0.693. The summed E-state index contributed by atoms with van der Waals surface area (Å²) in [6, 6.07) is 14.4. The van der Waals surface area contributed by atoms with Crippen LogP contribution in [-0.4, -0.2) is 20.8 Å². The molecular weight excluding hydrogens is 455 g/mol. The zero-order valence-electron chi connectivity index (χ0n) is 16.7. The molecule has 1 aromatic heterocycles. The van der Waals surface area contributed by atoms with E-state index >= 15 is 0 Å². The SMILES string of the molecule is O=c1[nH]c2ccccc2c(=O)n1N=Cc1cc(Cl)cc([N+](=O)[O-])c1OCc1cccc(F)c1. The molecule has 0 aliphatic rings. The smallest absolute Gasteiger partial charge is 0.349 e. The number of aromatic amines is 1. The van der Waals surface area contributed by atoms with Gasteiger partial charge in [0.2, 0.25) is 5.75 Å². The largest absolute Gasteiger partial charge is 0.481 e. The number of hydrogen-bond acceptors (Lipinski definition) is 6. The molecule has 0 aliphatic carbocycles. The Hall–Kier alpha value is -4.31. The second-order valence-corrected chi connectivity index (χ2v) is 7.29. The maximum Gasteiger partial charge on any atom is 0.349 e. The molecule has 4 rings (SSSR count). The Morgan fingerprint density at radius 3 is 2.70 bits per heavy atom. The Balaban J connectivity index is 1.78. The number of aromatic nitrogens is 2. The van der Waals surface area contributed by atoms with E-state index in [9.17, 15) is 24.1 Å². The summed E-state index contributed by atoms with van der Waals surface area (Å²) in [4.78, 5) is 38.4. The Morgan fingerprint density at radius 2 is 1.94 bits per heavy atom. The van der Waals surface area contributed by atoms with E-state index in [2.05, 4.69) is 10.1 Å². The fourth-order valence-corrected chi connectivity index (χ4v) is 3.37. The van der Waals surface area contributed by atoms with E-state index in [1.54, 1.807) is 24.3 Å². The van der Waals surface area contributed by atoms with Crippen LogP contribution in [0.2, 0.25) is 5.02 Å². The minimum Gasteiger partial charge on any atom is -0.481 e.